The molecule has 2 aromatic heterocycles. The SMILES string of the molecule is CC(C(=O)/C=C/C(=O)NCCCN(C)C)c1cc2c(Nc3cccc(Br)c3)ncnc2cn1. The van der Waals surface area contributed by atoms with Gasteiger partial charge in [0.15, 0.2) is 5.78 Å². The van der Waals surface area contributed by atoms with E-state index in [4.69, 9.17) is 0 Å². The Kier molecular flexibility index (Phi) is 8.62. The molecule has 1 unspecified atom stereocenters. The molecule has 1 aromatic carbocycles. The first-order chi connectivity index (χ1) is 15.8. The van der Waals surface area contributed by atoms with Crippen LogP contribution in [0.25, 0.3) is 10.9 Å². The normalized spacial score (nSPS) is 12.3. The third-order valence-corrected chi connectivity index (χ3v) is 5.47. The van der Waals surface area contributed by atoms with Crippen LogP contribution in [0.3, 0.4) is 0 Å². The van der Waals surface area contributed by atoms with Gasteiger partial charge >= 0.3 is 0 Å². The van der Waals surface area contributed by atoms with Crippen molar-refractivity contribution in [3.8, 4) is 0 Å². The monoisotopic (exact) mass is 510 g/mol. The lowest BCUT2D eigenvalue weighted by Gasteiger charge is -2.12. The molecule has 9 heteroatoms. The van der Waals surface area contributed by atoms with Crippen LogP contribution in [0.1, 0.15) is 25.0 Å². The van der Waals surface area contributed by atoms with Crippen LogP contribution in [0.5, 0.6) is 0 Å². The number of carbonyl (C=O) groups excluding carboxylic acids is 2. The Morgan fingerprint density at radius 3 is 2.73 bits per heavy atom. The quantitative estimate of drug-likeness (QED) is 0.315. The third kappa shape index (κ3) is 7.16. The van der Waals surface area contributed by atoms with Gasteiger partial charge in [0.05, 0.1) is 23.3 Å². The fourth-order valence-electron chi connectivity index (χ4n) is 3.13. The highest BCUT2D eigenvalue weighted by Gasteiger charge is 2.16. The molecule has 0 bridgehead atoms. The van der Waals surface area contributed by atoms with Gasteiger partial charge in [0, 0.05) is 28.2 Å². The van der Waals surface area contributed by atoms with Gasteiger partial charge in [0.2, 0.25) is 5.91 Å². The Labute approximate surface area is 201 Å². The third-order valence-electron chi connectivity index (χ3n) is 4.98. The molecule has 2 N–H and O–H groups in total. The lowest BCUT2D eigenvalue weighted by atomic mass is 10.0. The van der Waals surface area contributed by atoms with Crippen LogP contribution in [0.15, 0.2) is 59.5 Å². The number of aromatic nitrogens is 3. The number of pyridine rings is 1. The van der Waals surface area contributed by atoms with E-state index in [0.29, 0.717) is 23.6 Å². The number of amides is 1. The summed E-state index contributed by atoms with van der Waals surface area (Å²) in [5.41, 5.74) is 2.11. The number of ketones is 1. The Hall–Kier alpha value is -3.17. The van der Waals surface area contributed by atoms with Crippen LogP contribution in [-0.4, -0.2) is 58.7 Å². The van der Waals surface area contributed by atoms with Crippen molar-refractivity contribution in [1.29, 1.82) is 0 Å². The van der Waals surface area contributed by atoms with E-state index in [9.17, 15) is 9.59 Å². The molecule has 3 rings (SSSR count). The first-order valence-electron chi connectivity index (χ1n) is 10.6. The molecule has 1 amide bonds. The predicted octanol–water partition coefficient (Wildman–Crippen LogP) is 3.83. The molecule has 0 fully saturated rings. The van der Waals surface area contributed by atoms with Gasteiger partial charge in [-0.3, -0.25) is 14.6 Å². The number of nitrogens with one attached hydrogen (secondary N) is 2. The molecule has 172 valence electrons. The molecule has 0 saturated carbocycles. The number of nitrogens with zero attached hydrogens (tertiary/aromatic N) is 4. The number of benzene rings is 1. The van der Waals surface area contributed by atoms with Gasteiger partial charge in [-0.1, -0.05) is 22.0 Å². The second kappa shape index (κ2) is 11.6. The average Bonchev–Trinajstić information content (AvgIpc) is 2.79. The maximum Gasteiger partial charge on any atom is 0.244 e. The van der Waals surface area contributed by atoms with E-state index in [-0.39, 0.29) is 11.7 Å². The summed E-state index contributed by atoms with van der Waals surface area (Å²) in [6.45, 7) is 3.21. The zero-order valence-corrected chi connectivity index (χ0v) is 20.5. The minimum Gasteiger partial charge on any atom is -0.353 e. The molecule has 0 spiro atoms. The zero-order valence-electron chi connectivity index (χ0n) is 18.9. The van der Waals surface area contributed by atoms with E-state index >= 15 is 0 Å². The van der Waals surface area contributed by atoms with Gasteiger partial charge in [-0.25, -0.2) is 9.97 Å². The summed E-state index contributed by atoms with van der Waals surface area (Å²) in [5, 5.41) is 6.83. The van der Waals surface area contributed by atoms with Crippen LogP contribution in [0.2, 0.25) is 0 Å². The van der Waals surface area contributed by atoms with E-state index in [1.807, 2.05) is 44.4 Å². The highest BCUT2D eigenvalue weighted by molar-refractivity contribution is 9.10. The smallest absolute Gasteiger partial charge is 0.244 e. The van der Waals surface area contributed by atoms with Crippen LogP contribution in [0.4, 0.5) is 11.5 Å². The van der Waals surface area contributed by atoms with E-state index in [1.54, 1.807) is 13.1 Å². The van der Waals surface area contributed by atoms with Crippen LogP contribution in [-0.2, 0) is 9.59 Å². The summed E-state index contributed by atoms with van der Waals surface area (Å²) >= 11 is 3.46. The largest absolute Gasteiger partial charge is 0.353 e. The fourth-order valence-corrected chi connectivity index (χ4v) is 3.53. The molecule has 0 aliphatic carbocycles. The van der Waals surface area contributed by atoms with Crippen molar-refractivity contribution in [1.82, 2.24) is 25.2 Å². The summed E-state index contributed by atoms with van der Waals surface area (Å²) < 4.78 is 0.945. The van der Waals surface area contributed by atoms with Gasteiger partial charge in [0.25, 0.3) is 0 Å². The lowest BCUT2D eigenvalue weighted by Crippen LogP contribution is -2.25. The zero-order chi connectivity index (χ0) is 23.8. The number of halogens is 1. The van der Waals surface area contributed by atoms with Gasteiger partial charge in [-0.2, -0.15) is 0 Å². The molecule has 1 atom stereocenters. The summed E-state index contributed by atoms with van der Waals surface area (Å²) in [6.07, 6.45) is 6.52. The van der Waals surface area contributed by atoms with Gasteiger partial charge in [-0.15, -0.1) is 0 Å². The summed E-state index contributed by atoms with van der Waals surface area (Å²) in [4.78, 5) is 39.7. The topological polar surface area (TPSA) is 100 Å². The average molecular weight is 511 g/mol. The summed E-state index contributed by atoms with van der Waals surface area (Å²) in [6, 6.07) is 9.56. The highest BCUT2D eigenvalue weighted by Crippen LogP contribution is 2.26. The number of anilines is 2. The molecule has 0 radical (unpaired) electrons. The van der Waals surface area contributed by atoms with Crippen molar-refractivity contribution >= 4 is 50.0 Å². The Bertz CT molecular complexity index is 1160. The summed E-state index contributed by atoms with van der Waals surface area (Å²) in [5.74, 6) is -0.390. The molecule has 8 nitrogen and oxygen atoms in total. The van der Waals surface area contributed by atoms with Gasteiger partial charge < -0.3 is 15.5 Å². The molecular weight excluding hydrogens is 484 g/mol. The van der Waals surface area contributed by atoms with Crippen molar-refractivity contribution < 1.29 is 9.59 Å². The Morgan fingerprint density at radius 1 is 1.15 bits per heavy atom. The molecular formula is C24H27BrN6O2. The molecule has 3 aromatic rings. The standard InChI is InChI=1S/C24H27BrN6O2/c1-16(22(32)8-9-23(33)26-10-5-11-31(2)3)20-13-19-21(14-27-20)28-15-29-24(19)30-18-7-4-6-17(25)12-18/h4,6-9,12-16H,5,10-11H2,1-3H3,(H,26,33)(H,28,29,30)/b9-8+. The molecule has 0 aliphatic rings. The molecule has 0 aliphatic heterocycles. The first-order valence-corrected chi connectivity index (χ1v) is 11.4. The minimum atomic E-state index is -0.522. The van der Waals surface area contributed by atoms with Crippen molar-refractivity contribution in [2.45, 2.75) is 19.3 Å². The number of hydrogen-bond donors (Lipinski definition) is 2. The Morgan fingerprint density at radius 2 is 1.97 bits per heavy atom. The number of hydrogen-bond acceptors (Lipinski definition) is 7. The number of fused-ring (bicyclic) bond motifs is 1. The van der Waals surface area contributed by atoms with Gasteiger partial charge in [-0.05, 0) is 64.3 Å². The summed E-state index contributed by atoms with van der Waals surface area (Å²) in [7, 11) is 3.96. The van der Waals surface area contributed by atoms with E-state index < -0.39 is 5.92 Å². The second-order valence-corrected chi connectivity index (χ2v) is 8.80. The maximum absolute atomic E-state index is 12.7. The predicted molar refractivity (Wildman–Crippen MR) is 134 cm³/mol. The minimum absolute atomic E-state index is 0.205. The lowest BCUT2D eigenvalue weighted by molar-refractivity contribution is -0.118. The van der Waals surface area contributed by atoms with E-state index in [0.717, 1.165) is 28.5 Å². The van der Waals surface area contributed by atoms with Crippen molar-refractivity contribution in [2.75, 3.05) is 32.5 Å². The second-order valence-electron chi connectivity index (χ2n) is 7.89. The number of carbonyl (C=O) groups is 2. The van der Waals surface area contributed by atoms with E-state index in [1.165, 1.54) is 18.5 Å². The number of rotatable bonds is 10. The highest BCUT2D eigenvalue weighted by atomic mass is 79.9. The van der Waals surface area contributed by atoms with Crippen molar-refractivity contribution in [3.05, 3.63) is 65.2 Å². The molecule has 33 heavy (non-hydrogen) atoms. The number of allylic oxidation sites excluding steroid dienone is 1. The van der Waals surface area contributed by atoms with Crippen LogP contribution >= 0.6 is 15.9 Å². The van der Waals surface area contributed by atoms with Crippen molar-refractivity contribution in [2.24, 2.45) is 0 Å². The molecule has 0 saturated heterocycles. The van der Waals surface area contributed by atoms with Crippen molar-refractivity contribution in [3.63, 3.8) is 0 Å². The first kappa shape index (κ1) is 24.5. The van der Waals surface area contributed by atoms with Crippen LogP contribution in [0, 0.1) is 0 Å². The van der Waals surface area contributed by atoms with Crippen LogP contribution < -0.4 is 10.6 Å². The van der Waals surface area contributed by atoms with E-state index in [2.05, 4.69) is 46.4 Å². The van der Waals surface area contributed by atoms with Gasteiger partial charge in [0.1, 0.15) is 12.1 Å². The molecule has 2 heterocycles. The maximum atomic E-state index is 12.7. The Balaban J connectivity index is 1.71. The fraction of sp³-hybridized carbons (Fsp3) is 0.292.